The van der Waals surface area contributed by atoms with Crippen molar-refractivity contribution in [3.8, 4) is 0 Å². The number of hydrogen-bond donors (Lipinski definition) is 1. The second-order valence-corrected chi connectivity index (χ2v) is 5.79. The monoisotopic (exact) mass is 309 g/mol. The fourth-order valence-corrected chi connectivity index (χ4v) is 2.72. The molecule has 1 fully saturated rings. The van der Waals surface area contributed by atoms with Crippen molar-refractivity contribution >= 4 is 11.9 Å². The summed E-state index contributed by atoms with van der Waals surface area (Å²) in [5.41, 5.74) is 0. The van der Waals surface area contributed by atoms with Crippen LogP contribution < -0.4 is 5.32 Å². The first-order chi connectivity index (χ1) is 9.68. The van der Waals surface area contributed by atoms with Crippen LogP contribution >= 0.6 is 0 Å². The molecule has 4 nitrogen and oxygen atoms in total. The van der Waals surface area contributed by atoms with E-state index in [1.807, 2.05) is 0 Å². The molecule has 0 heterocycles. The highest BCUT2D eigenvalue weighted by atomic mass is 19.4. The molecule has 0 aromatic heterocycles. The van der Waals surface area contributed by atoms with Gasteiger partial charge in [0, 0.05) is 5.92 Å². The Morgan fingerprint density at radius 3 is 2.24 bits per heavy atom. The Kier molecular flexibility index (Phi) is 6.04. The Balaban J connectivity index is 2.82. The third kappa shape index (κ3) is 4.61. The van der Waals surface area contributed by atoms with Crippen molar-refractivity contribution in [3.05, 3.63) is 0 Å². The van der Waals surface area contributed by atoms with E-state index in [4.69, 9.17) is 0 Å². The average molecular weight is 309 g/mol. The number of rotatable bonds is 4. The summed E-state index contributed by atoms with van der Waals surface area (Å²) in [4.78, 5) is 23.8. The highest BCUT2D eigenvalue weighted by Crippen LogP contribution is 2.41. The summed E-state index contributed by atoms with van der Waals surface area (Å²) >= 11 is 0. The normalized spacial score (nSPS) is 24.5. The molecule has 21 heavy (non-hydrogen) atoms. The molecule has 1 saturated carbocycles. The third-order valence-corrected chi connectivity index (χ3v) is 3.94. The Morgan fingerprint density at radius 1 is 1.19 bits per heavy atom. The maximum atomic E-state index is 13.0. The number of ether oxygens (including phenoxy) is 1. The van der Waals surface area contributed by atoms with Gasteiger partial charge in [-0.2, -0.15) is 13.2 Å². The SMILES string of the molecule is COC(=O)C(NC(=O)C1CCCCC1C(F)(F)F)C(C)C. The van der Waals surface area contributed by atoms with Crippen molar-refractivity contribution < 1.29 is 27.5 Å². The van der Waals surface area contributed by atoms with E-state index in [2.05, 4.69) is 10.1 Å². The second-order valence-electron chi connectivity index (χ2n) is 5.79. The summed E-state index contributed by atoms with van der Waals surface area (Å²) < 4.78 is 43.6. The van der Waals surface area contributed by atoms with Gasteiger partial charge in [0.15, 0.2) is 0 Å². The number of esters is 1. The number of methoxy groups -OCH3 is 1. The molecular formula is C14H22F3NO3. The van der Waals surface area contributed by atoms with E-state index < -0.39 is 35.9 Å². The lowest BCUT2D eigenvalue weighted by atomic mass is 9.78. The smallest absolute Gasteiger partial charge is 0.392 e. The summed E-state index contributed by atoms with van der Waals surface area (Å²) in [6.07, 6.45) is -3.16. The molecule has 1 N–H and O–H groups in total. The van der Waals surface area contributed by atoms with Crippen LogP contribution in [0.25, 0.3) is 0 Å². The number of carbonyl (C=O) groups excluding carboxylic acids is 2. The highest BCUT2D eigenvalue weighted by molar-refractivity contribution is 5.86. The Morgan fingerprint density at radius 2 is 1.76 bits per heavy atom. The molecule has 0 aromatic rings. The first-order valence-electron chi connectivity index (χ1n) is 7.13. The molecule has 0 saturated heterocycles. The van der Waals surface area contributed by atoms with Gasteiger partial charge in [-0.1, -0.05) is 26.7 Å². The molecule has 3 unspecified atom stereocenters. The van der Waals surface area contributed by atoms with E-state index >= 15 is 0 Å². The molecule has 122 valence electrons. The Labute approximate surface area is 122 Å². The molecule has 1 aliphatic carbocycles. The number of amides is 1. The van der Waals surface area contributed by atoms with Gasteiger partial charge in [-0.3, -0.25) is 4.79 Å². The minimum absolute atomic E-state index is 0.0356. The topological polar surface area (TPSA) is 55.4 Å². The standard InChI is InChI=1S/C14H22F3NO3/c1-8(2)11(13(20)21-3)18-12(19)9-6-4-5-7-10(9)14(15,16)17/h8-11H,4-7H2,1-3H3,(H,18,19). The molecule has 0 bridgehead atoms. The predicted molar refractivity (Wildman–Crippen MR) is 70.3 cm³/mol. The van der Waals surface area contributed by atoms with Crippen LogP contribution in [0.2, 0.25) is 0 Å². The number of nitrogens with one attached hydrogen (secondary N) is 1. The van der Waals surface area contributed by atoms with Crippen molar-refractivity contribution in [2.75, 3.05) is 7.11 Å². The zero-order chi connectivity index (χ0) is 16.2. The van der Waals surface area contributed by atoms with E-state index in [0.717, 1.165) is 0 Å². The fourth-order valence-electron chi connectivity index (χ4n) is 2.72. The minimum atomic E-state index is -4.39. The third-order valence-electron chi connectivity index (χ3n) is 3.94. The van der Waals surface area contributed by atoms with Gasteiger partial charge in [0.1, 0.15) is 6.04 Å². The molecule has 0 aliphatic heterocycles. The number of halogens is 3. The van der Waals surface area contributed by atoms with Crippen molar-refractivity contribution in [2.24, 2.45) is 17.8 Å². The van der Waals surface area contributed by atoms with Gasteiger partial charge < -0.3 is 10.1 Å². The zero-order valence-corrected chi connectivity index (χ0v) is 12.5. The molecule has 1 rings (SSSR count). The van der Waals surface area contributed by atoms with Crippen molar-refractivity contribution in [1.29, 1.82) is 0 Å². The largest absolute Gasteiger partial charge is 0.467 e. The highest BCUT2D eigenvalue weighted by Gasteiger charge is 2.48. The van der Waals surface area contributed by atoms with Crippen LogP contribution in [0.1, 0.15) is 39.5 Å². The minimum Gasteiger partial charge on any atom is -0.467 e. The lowest BCUT2D eigenvalue weighted by molar-refractivity contribution is -0.198. The Hall–Kier alpha value is -1.27. The van der Waals surface area contributed by atoms with Crippen LogP contribution in [0, 0.1) is 17.8 Å². The van der Waals surface area contributed by atoms with E-state index in [-0.39, 0.29) is 18.8 Å². The van der Waals surface area contributed by atoms with Crippen LogP contribution in [0.3, 0.4) is 0 Å². The number of alkyl halides is 3. The predicted octanol–water partition coefficient (Wildman–Crippen LogP) is 2.67. The van der Waals surface area contributed by atoms with Crippen LogP contribution in [-0.2, 0) is 14.3 Å². The summed E-state index contributed by atoms with van der Waals surface area (Å²) in [5, 5.41) is 2.43. The van der Waals surface area contributed by atoms with Gasteiger partial charge in [0.2, 0.25) is 5.91 Å². The first-order valence-corrected chi connectivity index (χ1v) is 7.13. The first kappa shape index (κ1) is 17.8. The van der Waals surface area contributed by atoms with E-state index in [9.17, 15) is 22.8 Å². The van der Waals surface area contributed by atoms with Crippen LogP contribution in [-0.4, -0.2) is 31.2 Å². The van der Waals surface area contributed by atoms with E-state index in [1.165, 1.54) is 7.11 Å². The maximum absolute atomic E-state index is 13.0. The molecule has 0 spiro atoms. The summed E-state index contributed by atoms with van der Waals surface area (Å²) in [5.74, 6) is -4.35. The van der Waals surface area contributed by atoms with Gasteiger partial charge in [-0.15, -0.1) is 0 Å². The number of hydrogen-bond acceptors (Lipinski definition) is 3. The summed E-state index contributed by atoms with van der Waals surface area (Å²) in [7, 11) is 1.18. The number of carbonyl (C=O) groups is 2. The van der Waals surface area contributed by atoms with Gasteiger partial charge in [-0.05, 0) is 18.8 Å². The van der Waals surface area contributed by atoms with Crippen LogP contribution in [0.4, 0.5) is 13.2 Å². The van der Waals surface area contributed by atoms with Crippen molar-refractivity contribution in [1.82, 2.24) is 5.32 Å². The Bertz CT molecular complexity index is 382. The summed E-state index contributed by atoms with van der Waals surface area (Å²) in [6, 6.07) is -0.918. The maximum Gasteiger partial charge on any atom is 0.392 e. The van der Waals surface area contributed by atoms with Crippen LogP contribution in [0.15, 0.2) is 0 Å². The summed E-state index contributed by atoms with van der Waals surface area (Å²) in [6.45, 7) is 3.40. The second kappa shape index (κ2) is 7.13. The van der Waals surface area contributed by atoms with Crippen LogP contribution in [0.5, 0.6) is 0 Å². The van der Waals surface area contributed by atoms with E-state index in [0.29, 0.717) is 12.8 Å². The molecule has 3 atom stereocenters. The molecule has 0 radical (unpaired) electrons. The quantitative estimate of drug-likeness (QED) is 0.812. The van der Waals surface area contributed by atoms with Gasteiger partial charge in [0.05, 0.1) is 13.0 Å². The van der Waals surface area contributed by atoms with Crippen molar-refractivity contribution in [2.45, 2.75) is 51.7 Å². The lowest BCUT2D eigenvalue weighted by Crippen LogP contribution is -2.50. The van der Waals surface area contributed by atoms with Gasteiger partial charge >= 0.3 is 12.1 Å². The zero-order valence-electron chi connectivity index (χ0n) is 12.5. The molecule has 1 amide bonds. The molecular weight excluding hydrogens is 287 g/mol. The van der Waals surface area contributed by atoms with E-state index in [1.54, 1.807) is 13.8 Å². The van der Waals surface area contributed by atoms with Crippen molar-refractivity contribution in [3.63, 3.8) is 0 Å². The average Bonchev–Trinajstić information content (AvgIpc) is 2.42. The van der Waals surface area contributed by atoms with Gasteiger partial charge in [0.25, 0.3) is 0 Å². The molecule has 1 aliphatic rings. The lowest BCUT2D eigenvalue weighted by Gasteiger charge is -2.33. The molecule has 0 aromatic carbocycles. The van der Waals surface area contributed by atoms with Gasteiger partial charge in [-0.25, -0.2) is 4.79 Å². The fraction of sp³-hybridized carbons (Fsp3) is 0.857. The molecule has 7 heteroatoms.